The lowest BCUT2D eigenvalue weighted by atomic mass is 9.94. The lowest BCUT2D eigenvalue weighted by Crippen LogP contribution is -2.47. The minimum absolute atomic E-state index is 0.184. The first-order valence-corrected chi connectivity index (χ1v) is 4.65. The monoisotopic (exact) mass is 184 g/mol. The standard InChI is InChI=1S/C9H16N2O2/c1-4-9(3,5-2)11-6-7(12)10-8(11)13/h4-6H2,1-3H3,(H,10,12,13). The molecule has 3 amide bonds. The summed E-state index contributed by atoms with van der Waals surface area (Å²) >= 11 is 0. The molecule has 0 bridgehead atoms. The molecule has 0 atom stereocenters. The van der Waals surface area contributed by atoms with Crippen LogP contribution in [-0.4, -0.2) is 28.9 Å². The second-order valence-electron chi connectivity index (χ2n) is 3.64. The van der Waals surface area contributed by atoms with Crippen molar-refractivity contribution in [2.45, 2.75) is 39.2 Å². The van der Waals surface area contributed by atoms with Gasteiger partial charge in [0.1, 0.15) is 6.54 Å². The SMILES string of the molecule is CCC(C)(CC)N1CC(=O)NC1=O. The summed E-state index contributed by atoms with van der Waals surface area (Å²) in [6.45, 7) is 6.27. The summed E-state index contributed by atoms with van der Waals surface area (Å²) in [7, 11) is 0. The largest absolute Gasteiger partial charge is 0.325 e. The lowest BCUT2D eigenvalue weighted by Gasteiger charge is -2.35. The van der Waals surface area contributed by atoms with Crippen LogP contribution in [0.1, 0.15) is 33.6 Å². The maximum Gasteiger partial charge on any atom is 0.325 e. The first-order chi connectivity index (χ1) is 6.03. The van der Waals surface area contributed by atoms with Crippen LogP contribution in [0.2, 0.25) is 0 Å². The fourth-order valence-electron chi connectivity index (χ4n) is 1.51. The van der Waals surface area contributed by atoms with Gasteiger partial charge in [0.15, 0.2) is 0 Å². The van der Waals surface area contributed by atoms with Crippen molar-refractivity contribution >= 4 is 11.9 Å². The van der Waals surface area contributed by atoms with Crippen LogP contribution in [0.5, 0.6) is 0 Å². The third kappa shape index (κ3) is 1.66. The summed E-state index contributed by atoms with van der Waals surface area (Å²) in [5, 5.41) is 2.29. The van der Waals surface area contributed by atoms with Crippen molar-refractivity contribution in [2.75, 3.05) is 6.54 Å². The van der Waals surface area contributed by atoms with Gasteiger partial charge in [-0.05, 0) is 19.8 Å². The highest BCUT2D eigenvalue weighted by molar-refractivity contribution is 6.02. The Morgan fingerprint density at radius 1 is 1.38 bits per heavy atom. The van der Waals surface area contributed by atoms with Crippen molar-refractivity contribution in [1.82, 2.24) is 10.2 Å². The molecule has 13 heavy (non-hydrogen) atoms. The van der Waals surface area contributed by atoms with Crippen LogP contribution in [0, 0.1) is 0 Å². The Morgan fingerprint density at radius 2 is 1.92 bits per heavy atom. The van der Waals surface area contributed by atoms with Crippen LogP contribution in [0.15, 0.2) is 0 Å². The molecule has 1 aliphatic rings. The third-order valence-electron chi connectivity index (χ3n) is 2.97. The molecule has 0 unspecified atom stereocenters. The van der Waals surface area contributed by atoms with E-state index in [1.165, 1.54) is 0 Å². The summed E-state index contributed by atoms with van der Waals surface area (Å²) < 4.78 is 0. The van der Waals surface area contributed by atoms with Crippen molar-refractivity contribution in [2.24, 2.45) is 0 Å². The predicted octanol–water partition coefficient (Wildman–Crippen LogP) is 1.12. The highest BCUT2D eigenvalue weighted by atomic mass is 16.2. The highest BCUT2D eigenvalue weighted by Crippen LogP contribution is 2.24. The van der Waals surface area contributed by atoms with Gasteiger partial charge >= 0.3 is 6.03 Å². The van der Waals surface area contributed by atoms with Gasteiger partial charge in [0.25, 0.3) is 0 Å². The van der Waals surface area contributed by atoms with E-state index in [1.54, 1.807) is 4.90 Å². The highest BCUT2D eigenvalue weighted by Gasteiger charge is 2.38. The van der Waals surface area contributed by atoms with E-state index >= 15 is 0 Å². The number of imide groups is 1. The second-order valence-corrected chi connectivity index (χ2v) is 3.64. The number of hydrogen-bond acceptors (Lipinski definition) is 2. The van der Waals surface area contributed by atoms with Gasteiger partial charge in [0.2, 0.25) is 5.91 Å². The van der Waals surface area contributed by atoms with E-state index in [0.29, 0.717) is 0 Å². The van der Waals surface area contributed by atoms with Gasteiger partial charge in [-0.25, -0.2) is 4.79 Å². The topological polar surface area (TPSA) is 49.4 Å². The molecule has 0 aromatic rings. The zero-order valence-corrected chi connectivity index (χ0v) is 8.39. The zero-order valence-electron chi connectivity index (χ0n) is 8.39. The molecule has 0 radical (unpaired) electrons. The molecule has 0 spiro atoms. The molecule has 1 rings (SSSR count). The number of rotatable bonds is 3. The van der Waals surface area contributed by atoms with Crippen LogP contribution >= 0.6 is 0 Å². The molecule has 4 nitrogen and oxygen atoms in total. The van der Waals surface area contributed by atoms with Crippen molar-refractivity contribution in [3.8, 4) is 0 Å². The third-order valence-corrected chi connectivity index (χ3v) is 2.97. The number of nitrogens with one attached hydrogen (secondary N) is 1. The number of nitrogens with zero attached hydrogens (tertiary/aromatic N) is 1. The second kappa shape index (κ2) is 3.36. The maximum atomic E-state index is 11.3. The normalized spacial score (nSPS) is 17.9. The lowest BCUT2D eigenvalue weighted by molar-refractivity contribution is -0.118. The van der Waals surface area contributed by atoms with Gasteiger partial charge in [-0.3, -0.25) is 10.1 Å². The van der Waals surface area contributed by atoms with E-state index in [2.05, 4.69) is 5.32 Å². The predicted molar refractivity (Wildman–Crippen MR) is 49.2 cm³/mol. The van der Waals surface area contributed by atoms with Gasteiger partial charge in [0.05, 0.1) is 0 Å². The van der Waals surface area contributed by atoms with Crippen LogP contribution in [-0.2, 0) is 4.79 Å². The van der Waals surface area contributed by atoms with Crippen molar-refractivity contribution in [1.29, 1.82) is 0 Å². The molecule has 0 aromatic heterocycles. The summed E-state index contributed by atoms with van der Waals surface area (Å²) in [6, 6.07) is -0.254. The van der Waals surface area contributed by atoms with Gasteiger partial charge in [-0.2, -0.15) is 0 Å². The van der Waals surface area contributed by atoms with E-state index in [-0.39, 0.29) is 24.0 Å². The Bertz CT molecular complexity index is 234. The summed E-state index contributed by atoms with van der Waals surface area (Å²) in [4.78, 5) is 23.9. The molecule has 1 fully saturated rings. The Kier molecular flexibility index (Phi) is 2.59. The number of urea groups is 1. The first kappa shape index (κ1) is 10.0. The quantitative estimate of drug-likeness (QED) is 0.668. The summed E-state index contributed by atoms with van der Waals surface area (Å²) in [5.41, 5.74) is -0.184. The van der Waals surface area contributed by atoms with Crippen molar-refractivity contribution < 1.29 is 9.59 Å². The van der Waals surface area contributed by atoms with Crippen LogP contribution in [0.4, 0.5) is 4.79 Å². The Labute approximate surface area is 78.3 Å². The summed E-state index contributed by atoms with van der Waals surface area (Å²) in [5.74, 6) is -0.196. The van der Waals surface area contributed by atoms with Gasteiger partial charge < -0.3 is 4.90 Å². The molecule has 1 heterocycles. The van der Waals surface area contributed by atoms with E-state index in [4.69, 9.17) is 0 Å². The Hall–Kier alpha value is -1.06. The average Bonchev–Trinajstić information content (AvgIpc) is 2.44. The fourth-order valence-corrected chi connectivity index (χ4v) is 1.51. The molecular weight excluding hydrogens is 168 g/mol. The number of hydrogen-bond donors (Lipinski definition) is 1. The van der Waals surface area contributed by atoms with Gasteiger partial charge in [-0.15, -0.1) is 0 Å². The Morgan fingerprint density at radius 3 is 2.23 bits per heavy atom. The number of carbonyl (C=O) groups is 2. The van der Waals surface area contributed by atoms with Crippen LogP contribution in [0.25, 0.3) is 0 Å². The first-order valence-electron chi connectivity index (χ1n) is 4.65. The molecule has 1 saturated heterocycles. The number of carbonyl (C=O) groups excluding carboxylic acids is 2. The number of amides is 3. The zero-order chi connectivity index (χ0) is 10.1. The van der Waals surface area contributed by atoms with Gasteiger partial charge in [0, 0.05) is 5.54 Å². The molecule has 0 saturated carbocycles. The molecule has 74 valence electrons. The van der Waals surface area contributed by atoms with Crippen LogP contribution < -0.4 is 5.32 Å². The molecular formula is C9H16N2O2. The average molecular weight is 184 g/mol. The van der Waals surface area contributed by atoms with Crippen molar-refractivity contribution in [3.05, 3.63) is 0 Å². The molecule has 0 aromatic carbocycles. The minimum Gasteiger partial charge on any atom is -0.310 e. The minimum atomic E-state index is -0.254. The molecule has 0 aliphatic carbocycles. The van der Waals surface area contributed by atoms with E-state index in [0.717, 1.165) is 12.8 Å². The molecule has 1 N–H and O–H groups in total. The van der Waals surface area contributed by atoms with Crippen LogP contribution in [0.3, 0.4) is 0 Å². The van der Waals surface area contributed by atoms with E-state index in [1.807, 2.05) is 20.8 Å². The fraction of sp³-hybridized carbons (Fsp3) is 0.778. The van der Waals surface area contributed by atoms with Crippen molar-refractivity contribution in [3.63, 3.8) is 0 Å². The van der Waals surface area contributed by atoms with E-state index < -0.39 is 0 Å². The molecule has 4 heteroatoms. The van der Waals surface area contributed by atoms with Gasteiger partial charge in [-0.1, -0.05) is 13.8 Å². The Balaban J connectivity index is 2.81. The maximum absolute atomic E-state index is 11.3. The van der Waals surface area contributed by atoms with E-state index in [9.17, 15) is 9.59 Å². The summed E-state index contributed by atoms with van der Waals surface area (Å²) in [6.07, 6.45) is 1.73. The smallest absolute Gasteiger partial charge is 0.310 e. The molecule has 1 aliphatic heterocycles.